The minimum absolute atomic E-state index is 0.257. The lowest BCUT2D eigenvalue weighted by atomic mass is 9.87. The molecule has 1 aliphatic heterocycles. The van der Waals surface area contributed by atoms with Crippen molar-refractivity contribution in [3.63, 3.8) is 0 Å². The van der Waals surface area contributed by atoms with Gasteiger partial charge in [0.15, 0.2) is 0 Å². The van der Waals surface area contributed by atoms with Crippen molar-refractivity contribution in [3.8, 4) is 0 Å². The second kappa shape index (κ2) is 8.11. The fourth-order valence-corrected chi connectivity index (χ4v) is 4.74. The van der Waals surface area contributed by atoms with E-state index in [0.717, 1.165) is 13.0 Å². The Bertz CT molecular complexity index is 448. The summed E-state index contributed by atoms with van der Waals surface area (Å²) in [4.78, 5) is 16.2. The monoisotopic (exact) mass is 320 g/mol. The molecule has 1 aromatic heterocycles. The number of hydrogen-bond acceptors (Lipinski definition) is 3. The Kier molecular flexibility index (Phi) is 5.90. The number of hydrogen-bond donors (Lipinski definition) is 1. The summed E-state index contributed by atoms with van der Waals surface area (Å²) in [5, 5.41) is 5.36. The van der Waals surface area contributed by atoms with Gasteiger partial charge in [0.2, 0.25) is 5.91 Å². The molecule has 1 saturated heterocycles. The van der Waals surface area contributed by atoms with E-state index in [-0.39, 0.29) is 5.91 Å². The van der Waals surface area contributed by atoms with Crippen LogP contribution >= 0.6 is 11.3 Å². The zero-order valence-electron chi connectivity index (χ0n) is 13.4. The molecule has 1 saturated carbocycles. The van der Waals surface area contributed by atoms with Crippen molar-refractivity contribution in [3.05, 3.63) is 22.4 Å². The van der Waals surface area contributed by atoms with Crippen LogP contribution in [0.25, 0.3) is 0 Å². The first-order valence-electron chi connectivity index (χ1n) is 8.87. The molecule has 122 valence electrons. The van der Waals surface area contributed by atoms with Crippen LogP contribution in [0, 0.1) is 5.92 Å². The molecule has 2 fully saturated rings. The molecule has 0 radical (unpaired) electrons. The van der Waals surface area contributed by atoms with Crippen LogP contribution in [0.5, 0.6) is 0 Å². The minimum Gasteiger partial charge on any atom is -0.354 e. The van der Waals surface area contributed by atoms with Gasteiger partial charge in [-0.1, -0.05) is 25.3 Å². The summed E-state index contributed by atoms with van der Waals surface area (Å²) in [5.41, 5.74) is 0. The molecule has 3 rings (SSSR count). The quantitative estimate of drug-likeness (QED) is 0.860. The van der Waals surface area contributed by atoms with Crippen molar-refractivity contribution in [2.75, 3.05) is 19.6 Å². The molecule has 1 aliphatic carbocycles. The van der Waals surface area contributed by atoms with Crippen LogP contribution in [-0.4, -0.2) is 30.4 Å². The highest BCUT2D eigenvalue weighted by Crippen LogP contribution is 2.29. The van der Waals surface area contributed by atoms with Crippen LogP contribution in [0.1, 0.15) is 62.3 Å². The molecule has 4 heteroatoms. The molecular weight excluding hydrogens is 292 g/mol. The molecule has 0 aromatic carbocycles. The second-order valence-electron chi connectivity index (χ2n) is 6.79. The number of nitrogens with zero attached hydrogens (tertiary/aromatic N) is 1. The fraction of sp³-hybridized carbons (Fsp3) is 0.722. The van der Waals surface area contributed by atoms with Crippen molar-refractivity contribution in [2.45, 2.75) is 57.4 Å². The van der Waals surface area contributed by atoms with Crippen LogP contribution in [-0.2, 0) is 4.79 Å². The van der Waals surface area contributed by atoms with Crippen molar-refractivity contribution >= 4 is 17.2 Å². The van der Waals surface area contributed by atoms with E-state index in [1.807, 2.05) is 11.3 Å². The third-order valence-electron chi connectivity index (χ3n) is 5.14. The highest BCUT2D eigenvalue weighted by atomic mass is 32.1. The average Bonchev–Trinajstić information content (AvgIpc) is 3.22. The summed E-state index contributed by atoms with van der Waals surface area (Å²) < 4.78 is 0. The van der Waals surface area contributed by atoms with Crippen molar-refractivity contribution in [2.24, 2.45) is 5.92 Å². The summed E-state index contributed by atoms with van der Waals surface area (Å²) in [7, 11) is 0. The first kappa shape index (κ1) is 16.0. The number of nitrogens with one attached hydrogen (secondary N) is 1. The van der Waals surface area contributed by atoms with Crippen LogP contribution < -0.4 is 5.32 Å². The number of carbonyl (C=O) groups is 1. The molecule has 22 heavy (non-hydrogen) atoms. The van der Waals surface area contributed by atoms with Gasteiger partial charge in [-0.15, -0.1) is 11.3 Å². The zero-order valence-corrected chi connectivity index (χ0v) is 14.2. The molecule has 0 bridgehead atoms. The Hall–Kier alpha value is -0.870. The minimum atomic E-state index is 0.257. The zero-order chi connectivity index (χ0) is 15.2. The van der Waals surface area contributed by atoms with Crippen molar-refractivity contribution in [1.82, 2.24) is 10.2 Å². The van der Waals surface area contributed by atoms with Crippen LogP contribution in [0.15, 0.2) is 17.5 Å². The third kappa shape index (κ3) is 4.32. The average molecular weight is 321 g/mol. The summed E-state index contributed by atoms with van der Waals surface area (Å²) in [6.07, 6.45) is 9.77. The van der Waals surface area contributed by atoms with Crippen LogP contribution in [0.3, 0.4) is 0 Å². The highest BCUT2D eigenvalue weighted by Gasteiger charge is 2.25. The highest BCUT2D eigenvalue weighted by molar-refractivity contribution is 7.10. The molecule has 3 nitrogen and oxygen atoms in total. The van der Waals surface area contributed by atoms with Gasteiger partial charge in [-0.3, -0.25) is 9.69 Å². The second-order valence-corrected chi connectivity index (χ2v) is 7.77. The van der Waals surface area contributed by atoms with E-state index in [4.69, 9.17) is 0 Å². The van der Waals surface area contributed by atoms with Gasteiger partial charge >= 0.3 is 0 Å². The summed E-state index contributed by atoms with van der Waals surface area (Å²) in [5.74, 6) is 0.883. The van der Waals surface area contributed by atoms with Crippen molar-refractivity contribution < 1.29 is 4.79 Å². The number of likely N-dealkylation sites (tertiary alicyclic amines) is 1. The number of thiophene rings is 1. The molecule has 1 aromatic rings. The maximum absolute atomic E-state index is 12.3. The summed E-state index contributed by atoms with van der Waals surface area (Å²) in [6, 6.07) is 4.70. The Morgan fingerprint density at radius 1 is 1.23 bits per heavy atom. The van der Waals surface area contributed by atoms with E-state index >= 15 is 0 Å². The van der Waals surface area contributed by atoms with E-state index in [9.17, 15) is 4.79 Å². The number of amides is 1. The Balaban J connectivity index is 1.51. The molecular formula is C18H28N2OS. The molecule has 2 heterocycles. The standard InChI is InChI=1S/C18H28N2OS/c21-18(13-15-7-2-1-3-8-15)19-14-16(17-9-6-12-22-17)20-10-4-5-11-20/h6,9,12,15-16H,1-5,7-8,10-11,13-14H2,(H,19,21). The smallest absolute Gasteiger partial charge is 0.220 e. The van der Waals surface area contributed by atoms with Gasteiger partial charge < -0.3 is 5.32 Å². The number of carbonyl (C=O) groups excluding carboxylic acids is 1. The molecule has 1 unspecified atom stereocenters. The topological polar surface area (TPSA) is 32.3 Å². The molecule has 2 aliphatic rings. The summed E-state index contributed by atoms with van der Waals surface area (Å²) in [6.45, 7) is 3.11. The SMILES string of the molecule is O=C(CC1CCCCC1)NCC(c1cccs1)N1CCCC1. The third-order valence-corrected chi connectivity index (χ3v) is 6.12. The normalized spacial score (nSPS) is 21.8. The van der Waals surface area contributed by atoms with Crippen LogP contribution in [0.2, 0.25) is 0 Å². The van der Waals surface area contributed by atoms with Crippen molar-refractivity contribution in [1.29, 1.82) is 0 Å². The lowest BCUT2D eigenvalue weighted by molar-refractivity contribution is -0.122. The lowest BCUT2D eigenvalue weighted by Crippen LogP contribution is -2.37. The Morgan fingerprint density at radius 2 is 2.00 bits per heavy atom. The van der Waals surface area contributed by atoms with E-state index < -0.39 is 0 Å². The first-order chi connectivity index (χ1) is 10.8. The Morgan fingerprint density at radius 3 is 2.68 bits per heavy atom. The molecule has 1 amide bonds. The van der Waals surface area contributed by atoms with Gasteiger partial charge in [-0.2, -0.15) is 0 Å². The lowest BCUT2D eigenvalue weighted by Gasteiger charge is -2.27. The van der Waals surface area contributed by atoms with Gasteiger partial charge in [-0.05, 0) is 56.1 Å². The van der Waals surface area contributed by atoms with Gasteiger partial charge in [0.1, 0.15) is 0 Å². The van der Waals surface area contributed by atoms with Gasteiger partial charge in [0, 0.05) is 17.8 Å². The predicted molar refractivity (Wildman–Crippen MR) is 92.1 cm³/mol. The van der Waals surface area contributed by atoms with E-state index in [1.54, 1.807) is 0 Å². The van der Waals surface area contributed by atoms with Gasteiger partial charge in [0.25, 0.3) is 0 Å². The maximum atomic E-state index is 12.3. The number of rotatable bonds is 6. The Labute approximate surface area is 138 Å². The van der Waals surface area contributed by atoms with E-state index in [1.165, 1.54) is 62.9 Å². The van der Waals surface area contributed by atoms with Gasteiger partial charge in [0.05, 0.1) is 6.04 Å². The maximum Gasteiger partial charge on any atom is 0.220 e. The van der Waals surface area contributed by atoms with Gasteiger partial charge in [-0.25, -0.2) is 0 Å². The summed E-state index contributed by atoms with van der Waals surface area (Å²) >= 11 is 1.81. The first-order valence-corrected chi connectivity index (χ1v) is 9.75. The molecule has 1 atom stereocenters. The largest absolute Gasteiger partial charge is 0.354 e. The molecule has 0 spiro atoms. The fourth-order valence-electron chi connectivity index (χ4n) is 3.88. The van der Waals surface area contributed by atoms with Crippen LogP contribution in [0.4, 0.5) is 0 Å². The van der Waals surface area contributed by atoms with E-state index in [0.29, 0.717) is 12.0 Å². The molecule has 1 N–H and O–H groups in total. The van der Waals surface area contributed by atoms with E-state index in [2.05, 4.69) is 27.7 Å². The predicted octanol–water partition coefficient (Wildman–Crippen LogP) is 3.97.